The van der Waals surface area contributed by atoms with Gasteiger partial charge in [-0.25, -0.2) is 0 Å². The lowest BCUT2D eigenvalue weighted by Crippen LogP contribution is -2.64. The van der Waals surface area contributed by atoms with Crippen LogP contribution in [-0.4, -0.2) is 36.0 Å². The highest BCUT2D eigenvalue weighted by atomic mass is 16.2. The minimum Gasteiger partial charge on any atom is -0.334 e. The summed E-state index contributed by atoms with van der Waals surface area (Å²) in [4.78, 5) is 15.5. The Hall–Kier alpha value is -0.570. The Morgan fingerprint density at radius 1 is 0.905 bits per heavy atom. The second-order valence-corrected chi connectivity index (χ2v) is 7.49. The number of nitrogens with one attached hydrogen (secondary N) is 1. The van der Waals surface area contributed by atoms with E-state index in [0.29, 0.717) is 11.8 Å². The minimum absolute atomic E-state index is 0.163. The molecule has 1 heterocycles. The van der Waals surface area contributed by atoms with Crippen LogP contribution in [0, 0.1) is 5.92 Å². The molecule has 3 rings (SSSR count). The third kappa shape index (κ3) is 3.44. The maximum Gasteiger partial charge on any atom is 0.226 e. The summed E-state index contributed by atoms with van der Waals surface area (Å²) in [5.41, 5.74) is 0.163. The Morgan fingerprint density at radius 2 is 1.52 bits per heavy atom. The Labute approximate surface area is 129 Å². The van der Waals surface area contributed by atoms with Crippen molar-refractivity contribution in [3.63, 3.8) is 0 Å². The van der Waals surface area contributed by atoms with Crippen LogP contribution in [0.3, 0.4) is 0 Å². The van der Waals surface area contributed by atoms with Crippen LogP contribution in [0.1, 0.15) is 77.0 Å². The van der Waals surface area contributed by atoms with Gasteiger partial charge in [-0.05, 0) is 25.7 Å². The number of hydrogen-bond acceptors (Lipinski definition) is 2. The van der Waals surface area contributed by atoms with Gasteiger partial charge < -0.3 is 10.2 Å². The normalized spacial score (nSPS) is 28.1. The molecular formula is C18H32N2O. The third-order valence-corrected chi connectivity index (χ3v) is 6.04. The van der Waals surface area contributed by atoms with Gasteiger partial charge in [-0.15, -0.1) is 0 Å². The van der Waals surface area contributed by atoms with Crippen LogP contribution >= 0.6 is 0 Å². The van der Waals surface area contributed by atoms with E-state index in [1.807, 2.05) is 0 Å². The molecule has 2 saturated carbocycles. The predicted molar refractivity (Wildman–Crippen MR) is 86.2 cm³/mol. The van der Waals surface area contributed by atoms with E-state index >= 15 is 0 Å². The molecule has 1 spiro atoms. The molecule has 120 valence electrons. The van der Waals surface area contributed by atoms with Crippen molar-refractivity contribution in [1.82, 2.24) is 10.2 Å². The first-order valence-electron chi connectivity index (χ1n) is 9.34. The molecule has 1 aliphatic heterocycles. The predicted octanol–water partition coefficient (Wildman–Crippen LogP) is 3.48. The number of hydrogen-bond donors (Lipinski definition) is 1. The Bertz CT molecular complexity index is 333. The topological polar surface area (TPSA) is 32.3 Å². The van der Waals surface area contributed by atoms with Gasteiger partial charge in [0.25, 0.3) is 0 Å². The summed E-state index contributed by atoms with van der Waals surface area (Å²) in [5.74, 6) is 0.822. The van der Waals surface area contributed by atoms with Crippen LogP contribution < -0.4 is 5.32 Å². The molecule has 1 N–H and O–H groups in total. The van der Waals surface area contributed by atoms with Crippen molar-refractivity contribution >= 4 is 5.91 Å². The van der Waals surface area contributed by atoms with Gasteiger partial charge >= 0.3 is 0 Å². The summed E-state index contributed by atoms with van der Waals surface area (Å²) < 4.78 is 0. The zero-order valence-electron chi connectivity index (χ0n) is 13.5. The quantitative estimate of drug-likeness (QED) is 0.802. The summed E-state index contributed by atoms with van der Waals surface area (Å²) in [7, 11) is 0. The minimum atomic E-state index is 0.163. The smallest absolute Gasteiger partial charge is 0.226 e. The van der Waals surface area contributed by atoms with Gasteiger partial charge in [0.2, 0.25) is 5.91 Å². The average molecular weight is 292 g/mol. The maximum absolute atomic E-state index is 13.2. The van der Waals surface area contributed by atoms with Crippen LogP contribution in [0.15, 0.2) is 0 Å². The van der Waals surface area contributed by atoms with E-state index in [2.05, 4.69) is 10.2 Å². The molecule has 3 fully saturated rings. The van der Waals surface area contributed by atoms with Crippen molar-refractivity contribution in [2.24, 2.45) is 5.92 Å². The SMILES string of the molecule is O=C(C1CCCCCCC1)N1CCNCC12CCCCC2. The van der Waals surface area contributed by atoms with Gasteiger partial charge in [0.05, 0.1) is 5.54 Å². The molecule has 0 aromatic rings. The fraction of sp³-hybridized carbons (Fsp3) is 0.944. The second-order valence-electron chi connectivity index (χ2n) is 7.49. The molecule has 3 aliphatic rings. The van der Waals surface area contributed by atoms with E-state index in [4.69, 9.17) is 0 Å². The maximum atomic E-state index is 13.2. The van der Waals surface area contributed by atoms with Crippen LogP contribution in [0.5, 0.6) is 0 Å². The van der Waals surface area contributed by atoms with Gasteiger partial charge in [-0.2, -0.15) is 0 Å². The lowest BCUT2D eigenvalue weighted by atomic mass is 9.78. The van der Waals surface area contributed by atoms with Crippen LogP contribution in [-0.2, 0) is 4.79 Å². The zero-order chi connectivity index (χ0) is 14.5. The van der Waals surface area contributed by atoms with E-state index in [1.54, 1.807) is 0 Å². The number of carbonyl (C=O) groups excluding carboxylic acids is 1. The first-order chi connectivity index (χ1) is 10.3. The fourth-order valence-electron chi connectivity index (χ4n) is 4.77. The van der Waals surface area contributed by atoms with Crippen LogP contribution in [0.4, 0.5) is 0 Å². The first-order valence-corrected chi connectivity index (χ1v) is 9.34. The third-order valence-electron chi connectivity index (χ3n) is 6.04. The Morgan fingerprint density at radius 3 is 2.24 bits per heavy atom. The summed E-state index contributed by atoms with van der Waals surface area (Å²) in [6.07, 6.45) is 15.2. The van der Waals surface area contributed by atoms with E-state index in [-0.39, 0.29) is 5.54 Å². The number of rotatable bonds is 1. The van der Waals surface area contributed by atoms with E-state index in [9.17, 15) is 4.79 Å². The largest absolute Gasteiger partial charge is 0.334 e. The summed E-state index contributed by atoms with van der Waals surface area (Å²) in [5, 5.41) is 3.56. The fourth-order valence-corrected chi connectivity index (χ4v) is 4.77. The van der Waals surface area contributed by atoms with Crippen molar-refractivity contribution < 1.29 is 4.79 Å². The van der Waals surface area contributed by atoms with Crippen molar-refractivity contribution in [2.45, 2.75) is 82.6 Å². The molecule has 0 aromatic carbocycles. The van der Waals surface area contributed by atoms with Crippen molar-refractivity contribution in [2.75, 3.05) is 19.6 Å². The molecule has 1 amide bonds. The number of carbonyl (C=O) groups is 1. The molecule has 0 aromatic heterocycles. The summed E-state index contributed by atoms with van der Waals surface area (Å²) >= 11 is 0. The molecule has 2 aliphatic carbocycles. The highest BCUT2D eigenvalue weighted by molar-refractivity contribution is 5.80. The van der Waals surface area contributed by atoms with Crippen LogP contribution in [0.25, 0.3) is 0 Å². The van der Waals surface area contributed by atoms with E-state index in [1.165, 1.54) is 64.2 Å². The van der Waals surface area contributed by atoms with Gasteiger partial charge in [-0.3, -0.25) is 4.79 Å². The molecule has 0 atom stereocenters. The van der Waals surface area contributed by atoms with Crippen molar-refractivity contribution in [3.05, 3.63) is 0 Å². The molecule has 0 radical (unpaired) electrons. The van der Waals surface area contributed by atoms with Gasteiger partial charge in [-0.1, -0.05) is 51.4 Å². The summed E-state index contributed by atoms with van der Waals surface area (Å²) in [6.45, 7) is 2.96. The highest BCUT2D eigenvalue weighted by Crippen LogP contribution is 2.36. The lowest BCUT2D eigenvalue weighted by Gasteiger charge is -2.51. The summed E-state index contributed by atoms with van der Waals surface area (Å²) in [6, 6.07) is 0. The van der Waals surface area contributed by atoms with E-state index < -0.39 is 0 Å². The second kappa shape index (κ2) is 7.13. The molecule has 1 saturated heterocycles. The van der Waals surface area contributed by atoms with Gasteiger partial charge in [0.15, 0.2) is 0 Å². The van der Waals surface area contributed by atoms with Gasteiger partial charge in [0.1, 0.15) is 0 Å². The Balaban J connectivity index is 1.70. The number of amides is 1. The van der Waals surface area contributed by atoms with Crippen molar-refractivity contribution in [1.29, 1.82) is 0 Å². The van der Waals surface area contributed by atoms with Crippen molar-refractivity contribution in [3.8, 4) is 0 Å². The number of nitrogens with zero attached hydrogens (tertiary/aromatic N) is 1. The monoisotopic (exact) mass is 292 g/mol. The molecule has 3 nitrogen and oxygen atoms in total. The highest BCUT2D eigenvalue weighted by Gasteiger charge is 2.43. The lowest BCUT2D eigenvalue weighted by molar-refractivity contribution is -0.146. The van der Waals surface area contributed by atoms with E-state index in [0.717, 1.165) is 32.5 Å². The van der Waals surface area contributed by atoms with Crippen LogP contribution in [0.2, 0.25) is 0 Å². The molecule has 3 heteroatoms. The molecule has 0 bridgehead atoms. The Kier molecular flexibility index (Phi) is 5.20. The average Bonchev–Trinajstić information content (AvgIpc) is 2.48. The first kappa shape index (κ1) is 15.3. The zero-order valence-corrected chi connectivity index (χ0v) is 13.5. The molecular weight excluding hydrogens is 260 g/mol. The molecule has 0 unspecified atom stereocenters. The molecule has 21 heavy (non-hydrogen) atoms. The number of piperazine rings is 1. The standard InChI is InChI=1S/C18H32N2O/c21-17(16-9-5-2-1-3-6-10-16)20-14-13-19-15-18(20)11-7-4-8-12-18/h16,19H,1-15H2. The van der Waals surface area contributed by atoms with Gasteiger partial charge in [0, 0.05) is 25.6 Å².